The Morgan fingerprint density at radius 3 is 2.60 bits per heavy atom. The van der Waals surface area contributed by atoms with Crippen molar-refractivity contribution in [1.82, 2.24) is 10.6 Å². The molecular weight excluding hydrogens is 196 g/mol. The van der Waals surface area contributed by atoms with E-state index >= 15 is 0 Å². The predicted octanol–water partition coefficient (Wildman–Crippen LogP) is 0.132. The standard InChI is InChI=1S/C10H18N2O3/c1-3-9(13)12-8(10(14)15)6-4-5-7-11-2/h3,8,11H,1,4-7H2,2H3,(H,12,13)(H,14,15)/t8-/m0/s1. The highest BCUT2D eigenvalue weighted by molar-refractivity contribution is 5.90. The number of carboxylic acids is 1. The zero-order valence-electron chi connectivity index (χ0n) is 8.95. The van der Waals surface area contributed by atoms with E-state index in [1.807, 2.05) is 7.05 Å². The maximum absolute atomic E-state index is 10.9. The van der Waals surface area contributed by atoms with Gasteiger partial charge in [0.25, 0.3) is 0 Å². The smallest absolute Gasteiger partial charge is 0.326 e. The lowest BCUT2D eigenvalue weighted by Crippen LogP contribution is -2.39. The van der Waals surface area contributed by atoms with Gasteiger partial charge in [-0.1, -0.05) is 6.58 Å². The molecule has 15 heavy (non-hydrogen) atoms. The molecule has 0 aromatic heterocycles. The second kappa shape index (κ2) is 7.99. The fraction of sp³-hybridized carbons (Fsp3) is 0.600. The van der Waals surface area contributed by atoms with Gasteiger partial charge in [-0.2, -0.15) is 0 Å². The van der Waals surface area contributed by atoms with Crippen LogP contribution in [0.3, 0.4) is 0 Å². The van der Waals surface area contributed by atoms with Crippen LogP contribution >= 0.6 is 0 Å². The maximum atomic E-state index is 10.9. The Bertz CT molecular complexity index is 229. The second-order valence-electron chi connectivity index (χ2n) is 3.20. The lowest BCUT2D eigenvalue weighted by atomic mass is 10.1. The number of unbranched alkanes of at least 4 members (excludes halogenated alkanes) is 1. The van der Waals surface area contributed by atoms with Gasteiger partial charge in [0.15, 0.2) is 0 Å². The summed E-state index contributed by atoms with van der Waals surface area (Å²) in [4.78, 5) is 21.7. The van der Waals surface area contributed by atoms with Crippen molar-refractivity contribution in [2.75, 3.05) is 13.6 Å². The van der Waals surface area contributed by atoms with Crippen molar-refractivity contribution in [3.63, 3.8) is 0 Å². The molecule has 86 valence electrons. The minimum Gasteiger partial charge on any atom is -0.480 e. The van der Waals surface area contributed by atoms with Gasteiger partial charge in [-0.15, -0.1) is 0 Å². The number of carbonyl (C=O) groups excluding carboxylic acids is 1. The van der Waals surface area contributed by atoms with Crippen LogP contribution in [0, 0.1) is 0 Å². The van der Waals surface area contributed by atoms with E-state index in [9.17, 15) is 9.59 Å². The van der Waals surface area contributed by atoms with Gasteiger partial charge in [-0.25, -0.2) is 4.79 Å². The summed E-state index contributed by atoms with van der Waals surface area (Å²) >= 11 is 0. The van der Waals surface area contributed by atoms with E-state index in [2.05, 4.69) is 17.2 Å². The van der Waals surface area contributed by atoms with Crippen molar-refractivity contribution < 1.29 is 14.7 Å². The van der Waals surface area contributed by atoms with E-state index < -0.39 is 17.9 Å². The second-order valence-corrected chi connectivity index (χ2v) is 3.20. The molecule has 0 radical (unpaired) electrons. The van der Waals surface area contributed by atoms with Gasteiger partial charge < -0.3 is 15.7 Å². The molecule has 1 amide bonds. The van der Waals surface area contributed by atoms with Gasteiger partial charge in [-0.05, 0) is 38.9 Å². The van der Waals surface area contributed by atoms with Crippen LogP contribution in [0.2, 0.25) is 0 Å². The van der Waals surface area contributed by atoms with Gasteiger partial charge >= 0.3 is 5.97 Å². The molecule has 0 heterocycles. The number of hydrogen-bond donors (Lipinski definition) is 3. The lowest BCUT2D eigenvalue weighted by Gasteiger charge is -2.12. The summed E-state index contributed by atoms with van der Waals surface area (Å²) in [6, 6.07) is -0.813. The van der Waals surface area contributed by atoms with E-state index in [1.54, 1.807) is 0 Å². The van der Waals surface area contributed by atoms with Crippen molar-refractivity contribution in [3.8, 4) is 0 Å². The molecule has 0 aromatic rings. The Balaban J connectivity index is 3.89. The number of amides is 1. The first-order valence-electron chi connectivity index (χ1n) is 4.92. The zero-order chi connectivity index (χ0) is 11.7. The summed E-state index contributed by atoms with van der Waals surface area (Å²) in [5, 5.41) is 14.1. The van der Waals surface area contributed by atoms with Gasteiger partial charge in [0.05, 0.1) is 0 Å². The van der Waals surface area contributed by atoms with Crippen molar-refractivity contribution in [2.24, 2.45) is 0 Å². The maximum Gasteiger partial charge on any atom is 0.326 e. The molecule has 0 aliphatic heterocycles. The van der Waals surface area contributed by atoms with Crippen LogP contribution in [0.25, 0.3) is 0 Å². The molecule has 3 N–H and O–H groups in total. The molecular formula is C10H18N2O3. The lowest BCUT2D eigenvalue weighted by molar-refractivity contribution is -0.141. The Morgan fingerprint density at radius 2 is 2.13 bits per heavy atom. The van der Waals surface area contributed by atoms with E-state index in [0.717, 1.165) is 25.5 Å². The number of nitrogens with one attached hydrogen (secondary N) is 2. The van der Waals surface area contributed by atoms with E-state index in [-0.39, 0.29) is 0 Å². The molecule has 0 spiro atoms. The molecule has 0 saturated heterocycles. The van der Waals surface area contributed by atoms with Crippen LogP contribution in [0.15, 0.2) is 12.7 Å². The molecule has 0 rings (SSSR count). The van der Waals surface area contributed by atoms with Crippen LogP contribution in [0.5, 0.6) is 0 Å². The molecule has 5 heteroatoms. The third-order valence-electron chi connectivity index (χ3n) is 1.97. The van der Waals surface area contributed by atoms with E-state index in [4.69, 9.17) is 5.11 Å². The number of carbonyl (C=O) groups is 2. The molecule has 0 fully saturated rings. The Hall–Kier alpha value is -1.36. The molecule has 1 atom stereocenters. The van der Waals surface area contributed by atoms with Gasteiger partial charge in [0.1, 0.15) is 6.04 Å². The molecule has 0 bridgehead atoms. The van der Waals surface area contributed by atoms with E-state index in [1.165, 1.54) is 0 Å². The number of carboxylic acid groups (broad SMARTS) is 1. The van der Waals surface area contributed by atoms with Crippen molar-refractivity contribution in [2.45, 2.75) is 25.3 Å². The molecule has 0 unspecified atom stereocenters. The molecule has 5 nitrogen and oxygen atoms in total. The fourth-order valence-corrected chi connectivity index (χ4v) is 1.14. The molecule has 0 saturated carbocycles. The first-order valence-corrected chi connectivity index (χ1v) is 4.92. The SMILES string of the molecule is C=CC(=O)N[C@@H](CCCCNC)C(=O)O. The summed E-state index contributed by atoms with van der Waals surface area (Å²) in [7, 11) is 1.84. The molecule has 0 aliphatic carbocycles. The fourth-order valence-electron chi connectivity index (χ4n) is 1.14. The Morgan fingerprint density at radius 1 is 1.47 bits per heavy atom. The third-order valence-corrected chi connectivity index (χ3v) is 1.97. The van der Waals surface area contributed by atoms with Crippen LogP contribution < -0.4 is 10.6 Å². The van der Waals surface area contributed by atoms with Gasteiger partial charge in [0.2, 0.25) is 5.91 Å². The highest BCUT2D eigenvalue weighted by Crippen LogP contribution is 2.01. The monoisotopic (exact) mass is 214 g/mol. The largest absolute Gasteiger partial charge is 0.480 e. The first-order chi connectivity index (χ1) is 7.11. The van der Waals surface area contributed by atoms with Crippen LogP contribution in [-0.2, 0) is 9.59 Å². The summed E-state index contributed by atoms with van der Waals surface area (Å²) in [5.41, 5.74) is 0. The van der Waals surface area contributed by atoms with Crippen molar-refractivity contribution >= 4 is 11.9 Å². The van der Waals surface area contributed by atoms with E-state index in [0.29, 0.717) is 6.42 Å². The first kappa shape index (κ1) is 13.6. The number of hydrogen-bond acceptors (Lipinski definition) is 3. The van der Waals surface area contributed by atoms with Gasteiger partial charge in [0, 0.05) is 0 Å². The zero-order valence-corrected chi connectivity index (χ0v) is 8.95. The molecule has 0 aliphatic rings. The Kier molecular flexibility index (Phi) is 7.27. The normalized spacial score (nSPS) is 11.8. The summed E-state index contributed by atoms with van der Waals surface area (Å²) in [6.45, 7) is 4.12. The van der Waals surface area contributed by atoms with Crippen molar-refractivity contribution in [3.05, 3.63) is 12.7 Å². The Labute approximate surface area is 89.6 Å². The van der Waals surface area contributed by atoms with Gasteiger partial charge in [-0.3, -0.25) is 4.79 Å². The number of rotatable bonds is 8. The quantitative estimate of drug-likeness (QED) is 0.396. The molecule has 0 aromatic carbocycles. The summed E-state index contributed by atoms with van der Waals surface area (Å²) in [6.07, 6.45) is 3.17. The average Bonchev–Trinajstić information content (AvgIpc) is 2.21. The summed E-state index contributed by atoms with van der Waals surface area (Å²) < 4.78 is 0. The minimum absolute atomic E-state index is 0.441. The summed E-state index contributed by atoms with van der Waals surface area (Å²) in [5.74, 6) is -1.45. The topological polar surface area (TPSA) is 78.4 Å². The van der Waals surface area contributed by atoms with Crippen molar-refractivity contribution in [1.29, 1.82) is 0 Å². The van der Waals surface area contributed by atoms with Crippen LogP contribution in [0.4, 0.5) is 0 Å². The van der Waals surface area contributed by atoms with Crippen LogP contribution in [-0.4, -0.2) is 36.6 Å². The predicted molar refractivity (Wildman–Crippen MR) is 57.5 cm³/mol. The average molecular weight is 214 g/mol. The minimum atomic E-state index is -1.00. The highest BCUT2D eigenvalue weighted by atomic mass is 16.4. The number of aliphatic carboxylic acids is 1. The third kappa shape index (κ3) is 6.68. The highest BCUT2D eigenvalue weighted by Gasteiger charge is 2.17. The van der Waals surface area contributed by atoms with Crippen LogP contribution in [0.1, 0.15) is 19.3 Å².